The fourth-order valence-corrected chi connectivity index (χ4v) is 2.16. The zero-order valence-corrected chi connectivity index (χ0v) is 12.0. The first kappa shape index (κ1) is 15.5. The van der Waals surface area contributed by atoms with Crippen LogP contribution in [0.4, 0.5) is 0 Å². The van der Waals surface area contributed by atoms with Crippen molar-refractivity contribution in [3.63, 3.8) is 0 Å². The van der Waals surface area contributed by atoms with Crippen molar-refractivity contribution >= 4 is 6.08 Å². The third-order valence-electron chi connectivity index (χ3n) is 3.31. The second-order valence-electron chi connectivity index (χ2n) is 4.96. The van der Waals surface area contributed by atoms with Gasteiger partial charge in [0.1, 0.15) is 0 Å². The van der Waals surface area contributed by atoms with Crippen LogP contribution in [-0.2, 0) is 12.8 Å². The van der Waals surface area contributed by atoms with E-state index in [1.807, 2.05) is 6.08 Å². The molecule has 0 aliphatic heterocycles. The predicted octanol–water partition coefficient (Wildman–Crippen LogP) is 3.49. The average Bonchev–Trinajstić information content (AvgIpc) is 2.48. The molecule has 0 amide bonds. The van der Waals surface area contributed by atoms with Crippen LogP contribution in [0.5, 0.6) is 23.0 Å². The smallest absolute Gasteiger partial charge is 0.157 e. The van der Waals surface area contributed by atoms with Crippen LogP contribution in [0.1, 0.15) is 16.7 Å². The number of allylic oxidation sites excluding steroid dienone is 2. The molecule has 0 aliphatic rings. The van der Waals surface area contributed by atoms with Crippen molar-refractivity contribution in [1.29, 1.82) is 0 Å². The van der Waals surface area contributed by atoms with E-state index in [1.165, 1.54) is 24.3 Å². The number of rotatable bonds is 5. The quantitative estimate of drug-likeness (QED) is 0.503. The summed E-state index contributed by atoms with van der Waals surface area (Å²) in [5.74, 6) is -0.628. The minimum absolute atomic E-state index is 0.145. The van der Waals surface area contributed by atoms with Crippen molar-refractivity contribution in [2.45, 2.75) is 12.8 Å². The van der Waals surface area contributed by atoms with Gasteiger partial charge in [0.05, 0.1) is 0 Å². The molecule has 0 atom stereocenters. The number of aromatic hydroxyl groups is 4. The highest BCUT2D eigenvalue weighted by atomic mass is 16.3. The maximum absolute atomic E-state index is 9.62. The van der Waals surface area contributed by atoms with Gasteiger partial charge < -0.3 is 20.4 Å². The number of phenolic OH excluding ortho intramolecular Hbond substituents is 4. The van der Waals surface area contributed by atoms with Gasteiger partial charge in [-0.15, -0.1) is 6.58 Å². The van der Waals surface area contributed by atoms with E-state index < -0.39 is 0 Å². The molecule has 0 unspecified atom stereocenters. The van der Waals surface area contributed by atoms with Crippen LogP contribution in [0, 0.1) is 0 Å². The first-order chi connectivity index (χ1) is 10.5. The first-order valence-corrected chi connectivity index (χ1v) is 6.84. The molecule has 2 aromatic carbocycles. The molecule has 0 fully saturated rings. The van der Waals surface area contributed by atoms with Crippen molar-refractivity contribution in [3.05, 3.63) is 65.8 Å². The maximum atomic E-state index is 9.62. The Morgan fingerprint density at radius 2 is 1.36 bits per heavy atom. The van der Waals surface area contributed by atoms with E-state index in [4.69, 9.17) is 0 Å². The molecule has 0 radical (unpaired) electrons. The Labute approximate surface area is 128 Å². The lowest BCUT2D eigenvalue weighted by Gasteiger charge is -2.08. The number of hydrogen-bond donors (Lipinski definition) is 4. The monoisotopic (exact) mass is 298 g/mol. The van der Waals surface area contributed by atoms with Crippen molar-refractivity contribution in [1.82, 2.24) is 0 Å². The fourth-order valence-electron chi connectivity index (χ4n) is 2.16. The molecule has 0 spiro atoms. The Balaban J connectivity index is 2.19. The summed E-state index contributed by atoms with van der Waals surface area (Å²) in [6, 6.07) is 7.64. The van der Waals surface area contributed by atoms with Gasteiger partial charge in [-0.3, -0.25) is 0 Å². The van der Waals surface area contributed by atoms with Crippen molar-refractivity contribution in [2.75, 3.05) is 0 Å². The van der Waals surface area contributed by atoms with E-state index >= 15 is 0 Å². The molecular formula is C18H18O4. The average molecular weight is 298 g/mol. The zero-order chi connectivity index (χ0) is 16.1. The van der Waals surface area contributed by atoms with Crippen LogP contribution in [-0.4, -0.2) is 20.4 Å². The van der Waals surface area contributed by atoms with Gasteiger partial charge >= 0.3 is 0 Å². The van der Waals surface area contributed by atoms with Gasteiger partial charge in [-0.2, -0.15) is 0 Å². The molecule has 4 N–H and O–H groups in total. The standard InChI is InChI=1S/C18H18O4/c1-2-4-13-10-17(21)18(22)11-14(13)6-3-5-12-7-8-15(19)16(20)9-12/h2-3,5,7-11,19-22H,1,4,6H2. The van der Waals surface area contributed by atoms with Gasteiger partial charge in [-0.1, -0.05) is 24.3 Å². The highest BCUT2D eigenvalue weighted by molar-refractivity contribution is 5.56. The maximum Gasteiger partial charge on any atom is 0.157 e. The molecule has 114 valence electrons. The normalized spacial score (nSPS) is 10.9. The molecule has 0 saturated heterocycles. The molecule has 4 nitrogen and oxygen atoms in total. The van der Waals surface area contributed by atoms with Crippen molar-refractivity contribution in [3.8, 4) is 23.0 Å². The largest absolute Gasteiger partial charge is 0.504 e. The van der Waals surface area contributed by atoms with E-state index in [-0.39, 0.29) is 23.0 Å². The number of benzene rings is 2. The molecule has 0 heterocycles. The lowest BCUT2D eigenvalue weighted by atomic mass is 10.00. The van der Waals surface area contributed by atoms with Gasteiger partial charge in [0.15, 0.2) is 23.0 Å². The van der Waals surface area contributed by atoms with E-state index in [9.17, 15) is 20.4 Å². The van der Waals surface area contributed by atoms with Crippen LogP contribution in [0.3, 0.4) is 0 Å². The minimum atomic E-state index is -0.170. The van der Waals surface area contributed by atoms with Crippen molar-refractivity contribution < 1.29 is 20.4 Å². The topological polar surface area (TPSA) is 80.9 Å². The molecule has 2 rings (SSSR count). The highest BCUT2D eigenvalue weighted by Crippen LogP contribution is 2.30. The summed E-state index contributed by atoms with van der Waals surface area (Å²) in [6.07, 6.45) is 6.57. The summed E-state index contributed by atoms with van der Waals surface area (Å²) < 4.78 is 0. The third kappa shape index (κ3) is 3.61. The summed E-state index contributed by atoms with van der Waals surface area (Å²) in [4.78, 5) is 0. The first-order valence-electron chi connectivity index (χ1n) is 6.84. The van der Waals surface area contributed by atoms with Crippen molar-refractivity contribution in [2.24, 2.45) is 0 Å². The Kier molecular flexibility index (Phi) is 4.73. The molecule has 22 heavy (non-hydrogen) atoms. The summed E-state index contributed by atoms with van der Waals surface area (Å²) in [5, 5.41) is 37.9. The van der Waals surface area contributed by atoms with Crippen LogP contribution in [0.15, 0.2) is 49.1 Å². The van der Waals surface area contributed by atoms with Crippen LogP contribution < -0.4 is 0 Å². The highest BCUT2D eigenvalue weighted by Gasteiger charge is 2.06. The second-order valence-corrected chi connectivity index (χ2v) is 4.96. The SMILES string of the molecule is C=CCc1cc(O)c(O)cc1CC=Cc1ccc(O)c(O)c1. The third-order valence-corrected chi connectivity index (χ3v) is 3.31. The van der Waals surface area contributed by atoms with Crippen LogP contribution in [0.25, 0.3) is 6.08 Å². The minimum Gasteiger partial charge on any atom is -0.504 e. The van der Waals surface area contributed by atoms with Gasteiger partial charge in [-0.25, -0.2) is 0 Å². The van der Waals surface area contributed by atoms with Gasteiger partial charge in [-0.05, 0) is 53.8 Å². The Hall–Kier alpha value is -2.88. The second kappa shape index (κ2) is 6.72. The van der Waals surface area contributed by atoms with E-state index in [0.29, 0.717) is 12.8 Å². The van der Waals surface area contributed by atoms with E-state index in [1.54, 1.807) is 18.2 Å². The summed E-state index contributed by atoms with van der Waals surface area (Å²) in [6.45, 7) is 3.68. The molecule has 0 saturated carbocycles. The molecule has 0 bridgehead atoms. The molecule has 2 aromatic rings. The van der Waals surface area contributed by atoms with Gasteiger partial charge in [0, 0.05) is 0 Å². The Morgan fingerprint density at radius 3 is 1.95 bits per heavy atom. The zero-order valence-electron chi connectivity index (χ0n) is 12.0. The molecule has 4 heteroatoms. The van der Waals surface area contributed by atoms with Gasteiger partial charge in [0.2, 0.25) is 0 Å². The van der Waals surface area contributed by atoms with E-state index in [2.05, 4.69) is 6.58 Å². The van der Waals surface area contributed by atoms with Gasteiger partial charge in [0.25, 0.3) is 0 Å². The Morgan fingerprint density at radius 1 is 0.773 bits per heavy atom. The summed E-state index contributed by atoms with van der Waals surface area (Å²) in [7, 11) is 0. The van der Waals surface area contributed by atoms with Crippen LogP contribution in [0.2, 0.25) is 0 Å². The van der Waals surface area contributed by atoms with Crippen LogP contribution >= 0.6 is 0 Å². The lowest BCUT2D eigenvalue weighted by Crippen LogP contribution is -1.92. The molecule has 0 aromatic heterocycles. The summed E-state index contributed by atoms with van der Waals surface area (Å²) >= 11 is 0. The number of phenols is 4. The molecular weight excluding hydrogens is 280 g/mol. The number of hydrogen-bond acceptors (Lipinski definition) is 4. The Bertz CT molecular complexity index is 717. The summed E-state index contributed by atoms with van der Waals surface area (Å²) in [5.41, 5.74) is 2.53. The molecule has 0 aliphatic carbocycles. The predicted molar refractivity (Wildman–Crippen MR) is 86.2 cm³/mol. The van der Waals surface area contributed by atoms with E-state index in [0.717, 1.165) is 16.7 Å². The fraction of sp³-hybridized carbons (Fsp3) is 0.111. The lowest BCUT2D eigenvalue weighted by molar-refractivity contribution is 0.402.